The van der Waals surface area contributed by atoms with E-state index in [2.05, 4.69) is 42.9 Å². The molecule has 8 atom stereocenters. The molecule has 1 aromatic rings. The number of nitrogens with two attached hydrogens (primary N) is 1. The highest BCUT2D eigenvalue weighted by Gasteiger charge is 2.36. The Bertz CT molecular complexity index is 1430. The summed E-state index contributed by atoms with van der Waals surface area (Å²) in [7, 11) is 0. The highest BCUT2D eigenvalue weighted by atomic mass is 16.3. The molecule has 5 amide bonds. The summed E-state index contributed by atoms with van der Waals surface area (Å²) in [5.74, 6) is -1.43. The Morgan fingerprint density at radius 3 is 2.22 bits per heavy atom. The molecule has 1 saturated heterocycles. The average molecular weight is 766 g/mol. The smallest absolute Gasteiger partial charge is 0.245 e. The van der Waals surface area contributed by atoms with E-state index in [4.69, 9.17) is 5.84 Å². The monoisotopic (exact) mass is 765 g/mol. The van der Waals surface area contributed by atoms with E-state index >= 15 is 0 Å². The molecular formula is C33H51N9O12. The van der Waals surface area contributed by atoms with Crippen LogP contribution in [0.25, 0.3) is 0 Å². The highest BCUT2D eigenvalue weighted by molar-refractivity contribution is 6.41. The predicted octanol–water partition coefficient (Wildman–Crippen LogP) is -6.39. The van der Waals surface area contributed by atoms with Gasteiger partial charge in [-0.25, -0.2) is 16.3 Å². The van der Waals surface area contributed by atoms with Crippen LogP contribution >= 0.6 is 0 Å². The zero-order valence-electron chi connectivity index (χ0n) is 29.8. The molecule has 21 nitrogen and oxygen atoms in total. The van der Waals surface area contributed by atoms with Gasteiger partial charge >= 0.3 is 0 Å². The van der Waals surface area contributed by atoms with Gasteiger partial charge < -0.3 is 51.8 Å². The number of aldehydes is 1. The second-order valence-electron chi connectivity index (χ2n) is 12.6. The molecule has 300 valence electrons. The number of hydrogen-bond acceptors (Lipinski definition) is 16. The molecule has 0 spiro atoms. The number of amides is 5. The van der Waals surface area contributed by atoms with Gasteiger partial charge in [-0.15, -0.1) is 0 Å². The number of ketones is 2. The molecule has 0 radical (unpaired) electrons. The van der Waals surface area contributed by atoms with E-state index in [1.54, 1.807) is 30.3 Å². The number of carbonyl (C=O) groups is 8. The minimum atomic E-state index is -1.75. The molecule has 0 bridgehead atoms. The molecule has 54 heavy (non-hydrogen) atoms. The Kier molecular flexibility index (Phi) is 20.0. The number of aliphatic hydroxyl groups excluding tert-OH is 4. The summed E-state index contributed by atoms with van der Waals surface area (Å²) in [5, 5.41) is 51.3. The number of nitrogens with one attached hydrogen (secondary N) is 8. The molecular weight excluding hydrogens is 714 g/mol. The van der Waals surface area contributed by atoms with Crippen LogP contribution in [0.15, 0.2) is 30.3 Å². The number of rotatable bonds is 16. The number of aliphatic hydroxyl groups is 4. The molecule has 0 aromatic heterocycles. The van der Waals surface area contributed by atoms with Crippen molar-refractivity contribution < 1.29 is 58.8 Å². The fraction of sp³-hybridized carbons (Fsp3) is 0.576. The molecule has 2 unspecified atom stereocenters. The van der Waals surface area contributed by atoms with E-state index < -0.39 is 109 Å². The van der Waals surface area contributed by atoms with Gasteiger partial charge in [-0.2, -0.15) is 0 Å². The van der Waals surface area contributed by atoms with Crippen LogP contribution in [0.5, 0.6) is 0 Å². The first kappa shape index (κ1) is 45.4. The molecule has 0 aliphatic carbocycles. The Balaban J connectivity index is 2.29. The normalized spacial score (nSPS) is 23.1. The van der Waals surface area contributed by atoms with E-state index in [-0.39, 0.29) is 45.1 Å². The fourth-order valence-corrected chi connectivity index (χ4v) is 5.21. The zero-order valence-corrected chi connectivity index (χ0v) is 29.8. The van der Waals surface area contributed by atoms with Gasteiger partial charge in [0.2, 0.25) is 41.1 Å². The second kappa shape index (κ2) is 23.8. The standard InChI is InChI=1S/C33H51N9O12/c1-18(47)27-33(54)38-25(17-46)32(53)36-21(9-5-6-12-35-26(48)11-10-22(30(51)39-27)42-41-20(14-43)15-44)28(49)29(50)24(16-45)37-31(52)23(40-34)13-19-7-3-2-4-8-19/h2-4,7-8,14,18,20-25,27,40-42,44-47H,5-6,9-13,15-17,34H2,1H3,(H,35,48)(H,36,53)(H,37,52)(H,38,54)(H,39,51)/t18-,20-,21?,22?,23+,24+,25+,27+/m1/s1. The van der Waals surface area contributed by atoms with Crippen molar-refractivity contribution >= 4 is 47.4 Å². The quantitative estimate of drug-likeness (QED) is 0.0322. The topological polar surface area (TPSA) is 340 Å². The number of hydrogen-bond donors (Lipinski definition) is 13. The van der Waals surface area contributed by atoms with E-state index in [9.17, 15) is 58.8 Å². The van der Waals surface area contributed by atoms with Gasteiger partial charge in [0, 0.05) is 13.0 Å². The molecule has 1 aliphatic heterocycles. The van der Waals surface area contributed by atoms with E-state index in [0.29, 0.717) is 6.29 Å². The van der Waals surface area contributed by atoms with Crippen molar-refractivity contribution in [3.8, 4) is 0 Å². The third kappa shape index (κ3) is 14.6. The Morgan fingerprint density at radius 2 is 1.63 bits per heavy atom. The van der Waals surface area contributed by atoms with Gasteiger partial charge in [-0.3, -0.25) is 39.4 Å². The van der Waals surface area contributed by atoms with Crippen molar-refractivity contribution in [3.05, 3.63) is 35.9 Å². The summed E-state index contributed by atoms with van der Waals surface area (Å²) in [6, 6.07) is -1.49. The minimum Gasteiger partial charge on any atom is -0.394 e. The van der Waals surface area contributed by atoms with Crippen LogP contribution in [0.1, 0.15) is 44.6 Å². The van der Waals surface area contributed by atoms with Gasteiger partial charge in [0.25, 0.3) is 0 Å². The van der Waals surface area contributed by atoms with Crippen LogP contribution in [-0.2, 0) is 44.8 Å². The van der Waals surface area contributed by atoms with Crippen LogP contribution in [0.4, 0.5) is 0 Å². The summed E-state index contributed by atoms with van der Waals surface area (Å²) < 4.78 is 0. The van der Waals surface area contributed by atoms with Gasteiger partial charge in [-0.05, 0) is 44.6 Å². The molecule has 14 N–H and O–H groups in total. The Labute approximate surface area is 310 Å². The molecule has 1 heterocycles. The molecule has 0 saturated carbocycles. The van der Waals surface area contributed by atoms with Crippen LogP contribution in [0.2, 0.25) is 0 Å². The van der Waals surface area contributed by atoms with Gasteiger partial charge in [0.15, 0.2) is 0 Å². The fourth-order valence-electron chi connectivity index (χ4n) is 5.21. The third-order valence-electron chi connectivity index (χ3n) is 8.39. The van der Waals surface area contributed by atoms with Crippen molar-refractivity contribution in [3.63, 3.8) is 0 Å². The van der Waals surface area contributed by atoms with Crippen molar-refractivity contribution in [2.75, 3.05) is 26.4 Å². The first-order chi connectivity index (χ1) is 25.8. The number of Topliss-reactive ketones (excluding diaryl/α,β-unsaturated/α-hetero) is 2. The van der Waals surface area contributed by atoms with Crippen LogP contribution < -0.4 is 48.7 Å². The van der Waals surface area contributed by atoms with Crippen molar-refractivity contribution in [2.45, 2.75) is 93.8 Å². The van der Waals surface area contributed by atoms with Crippen LogP contribution in [0, 0.1) is 0 Å². The van der Waals surface area contributed by atoms with Crippen molar-refractivity contribution in [2.24, 2.45) is 5.84 Å². The van der Waals surface area contributed by atoms with E-state index in [1.807, 2.05) is 0 Å². The molecule has 21 heteroatoms. The first-order valence-corrected chi connectivity index (χ1v) is 17.3. The predicted molar refractivity (Wildman–Crippen MR) is 188 cm³/mol. The van der Waals surface area contributed by atoms with E-state index in [0.717, 1.165) is 12.5 Å². The van der Waals surface area contributed by atoms with Crippen LogP contribution in [0.3, 0.4) is 0 Å². The maximum atomic E-state index is 13.5. The summed E-state index contributed by atoms with van der Waals surface area (Å²) in [5.41, 5.74) is 8.01. The van der Waals surface area contributed by atoms with Crippen molar-refractivity contribution in [1.82, 2.24) is 42.9 Å². The number of hydrazine groups is 2. The molecule has 1 aromatic carbocycles. The third-order valence-corrected chi connectivity index (χ3v) is 8.39. The molecule has 1 aliphatic rings. The highest BCUT2D eigenvalue weighted by Crippen LogP contribution is 2.09. The van der Waals surface area contributed by atoms with E-state index in [1.165, 1.54) is 0 Å². The number of benzene rings is 1. The lowest BCUT2D eigenvalue weighted by Crippen LogP contribution is -2.62. The second-order valence-corrected chi connectivity index (χ2v) is 12.6. The maximum Gasteiger partial charge on any atom is 0.245 e. The lowest BCUT2D eigenvalue weighted by Gasteiger charge is -2.27. The minimum absolute atomic E-state index is 0.0749. The SMILES string of the molecule is C[C@@H](O)[C@@H]1NC(=O)C(NN[C@H](C=O)CO)CCC(=O)NCCCCC(C(=O)C(=O)[C@H](CO)NC(=O)[C@H](Cc2ccccc2)NN)NC(=O)[C@H](CO)NC1=O. The zero-order chi connectivity index (χ0) is 40.2. The molecule has 2 rings (SSSR count). The Morgan fingerprint density at radius 1 is 0.926 bits per heavy atom. The van der Waals surface area contributed by atoms with Gasteiger partial charge in [0.1, 0.15) is 36.5 Å². The van der Waals surface area contributed by atoms with Gasteiger partial charge in [0.05, 0.1) is 38.0 Å². The largest absolute Gasteiger partial charge is 0.394 e. The summed E-state index contributed by atoms with van der Waals surface area (Å²) in [6.07, 6.45) is -1.33. The maximum absolute atomic E-state index is 13.5. The average Bonchev–Trinajstić information content (AvgIpc) is 3.16. The summed E-state index contributed by atoms with van der Waals surface area (Å²) >= 11 is 0. The van der Waals surface area contributed by atoms with Crippen LogP contribution in [-0.4, -0.2) is 143 Å². The number of carbonyl (C=O) groups excluding carboxylic acids is 8. The van der Waals surface area contributed by atoms with Crippen molar-refractivity contribution in [1.29, 1.82) is 0 Å². The lowest BCUT2D eigenvalue weighted by atomic mass is 9.97. The van der Waals surface area contributed by atoms with Gasteiger partial charge in [-0.1, -0.05) is 30.3 Å². The Hall–Kier alpha value is -4.74. The first-order valence-electron chi connectivity index (χ1n) is 17.3. The summed E-state index contributed by atoms with van der Waals surface area (Å²) in [4.78, 5) is 103. The lowest BCUT2D eigenvalue weighted by molar-refractivity contribution is -0.142. The molecule has 1 fully saturated rings. The summed E-state index contributed by atoms with van der Waals surface area (Å²) in [6.45, 7) is -1.41.